The number of hydrogen-bond donors (Lipinski definition) is 2. The van der Waals surface area contributed by atoms with Crippen LogP contribution in [-0.2, 0) is 24.4 Å². The molecule has 1 atom stereocenters. The topological polar surface area (TPSA) is 112 Å². The summed E-state index contributed by atoms with van der Waals surface area (Å²) in [6, 6.07) is 13.0. The molecule has 0 radical (unpaired) electrons. The Bertz CT molecular complexity index is 1330. The number of halogens is 1. The predicted octanol–water partition coefficient (Wildman–Crippen LogP) is 2.73. The number of benzene rings is 2. The second-order valence-electron chi connectivity index (χ2n) is 8.31. The first kappa shape index (κ1) is 25.1. The molecule has 4 rings (SSSR count). The summed E-state index contributed by atoms with van der Waals surface area (Å²) in [4.78, 5) is 43.4. The van der Waals surface area contributed by atoms with Gasteiger partial charge in [0.25, 0.3) is 17.4 Å². The van der Waals surface area contributed by atoms with Gasteiger partial charge in [0, 0.05) is 32.3 Å². The van der Waals surface area contributed by atoms with E-state index in [1.54, 1.807) is 6.92 Å². The first-order valence-corrected chi connectivity index (χ1v) is 11.6. The Morgan fingerprint density at radius 1 is 1.19 bits per heavy atom. The van der Waals surface area contributed by atoms with E-state index in [0.717, 1.165) is 11.6 Å². The maximum atomic E-state index is 13.7. The number of nitrogens with one attached hydrogen (secondary N) is 2. The molecular weight excluding hydrogens is 467 g/mol. The van der Waals surface area contributed by atoms with Crippen molar-refractivity contribution < 1.29 is 23.5 Å². The summed E-state index contributed by atoms with van der Waals surface area (Å²) in [5.41, 5.74) is 0.671. The van der Waals surface area contributed by atoms with Gasteiger partial charge in [-0.3, -0.25) is 19.0 Å². The standard InChI is InChI=1S/C26H27FN4O5/c1-16-23-30-21(25(33)29-14-18-9-10-19(27)13-20(18)24(32)28-2)22(26(34)31(23)11-6-12-35-16)36-15-17-7-4-3-5-8-17/h3-5,7-10,13,16H,6,11-12,14-15H2,1-2H3,(H,28,32)(H,29,33). The summed E-state index contributed by atoms with van der Waals surface area (Å²) >= 11 is 0. The quantitative estimate of drug-likeness (QED) is 0.523. The molecule has 0 saturated carbocycles. The van der Waals surface area contributed by atoms with Crippen molar-refractivity contribution in [2.75, 3.05) is 13.7 Å². The maximum absolute atomic E-state index is 13.7. The van der Waals surface area contributed by atoms with Crippen LogP contribution in [0.3, 0.4) is 0 Å². The van der Waals surface area contributed by atoms with Gasteiger partial charge in [-0.15, -0.1) is 0 Å². The third-order valence-corrected chi connectivity index (χ3v) is 5.84. The van der Waals surface area contributed by atoms with E-state index < -0.39 is 29.3 Å². The van der Waals surface area contributed by atoms with Crippen LogP contribution in [0.4, 0.5) is 4.39 Å². The number of rotatable bonds is 7. The van der Waals surface area contributed by atoms with Crippen LogP contribution >= 0.6 is 0 Å². The van der Waals surface area contributed by atoms with Crippen molar-refractivity contribution in [3.63, 3.8) is 0 Å². The van der Waals surface area contributed by atoms with Crippen LogP contribution in [0.15, 0.2) is 53.3 Å². The molecule has 36 heavy (non-hydrogen) atoms. The third-order valence-electron chi connectivity index (χ3n) is 5.84. The highest BCUT2D eigenvalue weighted by Crippen LogP contribution is 2.22. The van der Waals surface area contributed by atoms with Gasteiger partial charge >= 0.3 is 0 Å². The van der Waals surface area contributed by atoms with E-state index in [1.807, 2.05) is 30.3 Å². The second-order valence-corrected chi connectivity index (χ2v) is 8.31. The van der Waals surface area contributed by atoms with Gasteiger partial charge < -0.3 is 20.1 Å². The molecule has 10 heteroatoms. The minimum absolute atomic E-state index is 0.0716. The zero-order chi connectivity index (χ0) is 25.7. The van der Waals surface area contributed by atoms with Crippen molar-refractivity contribution in [2.24, 2.45) is 0 Å². The highest BCUT2D eigenvalue weighted by molar-refractivity contribution is 5.97. The normalized spacial score (nSPS) is 14.9. The number of carbonyl (C=O) groups excluding carboxylic acids is 2. The zero-order valence-corrected chi connectivity index (χ0v) is 20.0. The Morgan fingerprint density at radius 2 is 1.97 bits per heavy atom. The Kier molecular flexibility index (Phi) is 7.74. The number of nitrogens with zero attached hydrogens (tertiary/aromatic N) is 2. The smallest absolute Gasteiger partial charge is 0.296 e. The summed E-state index contributed by atoms with van der Waals surface area (Å²) in [7, 11) is 1.43. The van der Waals surface area contributed by atoms with Gasteiger partial charge in [0.2, 0.25) is 5.75 Å². The van der Waals surface area contributed by atoms with Gasteiger partial charge in [-0.25, -0.2) is 9.37 Å². The van der Waals surface area contributed by atoms with Crippen molar-refractivity contribution in [3.05, 3.63) is 92.9 Å². The number of carbonyl (C=O) groups is 2. The van der Waals surface area contributed by atoms with E-state index in [4.69, 9.17) is 9.47 Å². The summed E-state index contributed by atoms with van der Waals surface area (Å²) in [5.74, 6) is -1.56. The van der Waals surface area contributed by atoms with Gasteiger partial charge in [-0.05, 0) is 36.6 Å². The Morgan fingerprint density at radius 3 is 2.72 bits per heavy atom. The lowest BCUT2D eigenvalue weighted by Gasteiger charge is -2.18. The molecule has 0 spiro atoms. The molecule has 1 aliphatic heterocycles. The van der Waals surface area contributed by atoms with Gasteiger partial charge in [-0.1, -0.05) is 36.4 Å². The number of hydrogen-bond acceptors (Lipinski definition) is 6. The molecule has 0 saturated heterocycles. The first-order chi connectivity index (χ1) is 17.4. The number of aromatic nitrogens is 2. The minimum atomic E-state index is -0.665. The predicted molar refractivity (Wildman–Crippen MR) is 129 cm³/mol. The van der Waals surface area contributed by atoms with Crippen LogP contribution < -0.4 is 20.9 Å². The van der Waals surface area contributed by atoms with E-state index in [2.05, 4.69) is 15.6 Å². The van der Waals surface area contributed by atoms with Gasteiger partial charge in [0.15, 0.2) is 5.69 Å². The molecule has 0 fully saturated rings. The monoisotopic (exact) mass is 494 g/mol. The molecule has 2 N–H and O–H groups in total. The lowest BCUT2D eigenvalue weighted by molar-refractivity contribution is 0.0659. The fraction of sp³-hybridized carbons (Fsp3) is 0.308. The summed E-state index contributed by atoms with van der Waals surface area (Å²) in [5, 5.41) is 5.14. The van der Waals surface area contributed by atoms with Crippen molar-refractivity contribution in [1.82, 2.24) is 20.2 Å². The van der Waals surface area contributed by atoms with Crippen LogP contribution in [0.1, 0.15) is 57.2 Å². The van der Waals surface area contributed by atoms with Crippen molar-refractivity contribution in [1.29, 1.82) is 0 Å². The maximum Gasteiger partial charge on any atom is 0.296 e. The van der Waals surface area contributed by atoms with Crippen LogP contribution in [0.2, 0.25) is 0 Å². The molecular formula is C26H27FN4O5. The Hall–Kier alpha value is -4.05. The molecule has 0 bridgehead atoms. The average molecular weight is 495 g/mol. The van der Waals surface area contributed by atoms with Crippen LogP contribution in [0, 0.1) is 5.82 Å². The number of ether oxygens (including phenoxy) is 2. The third kappa shape index (κ3) is 5.44. The SMILES string of the molecule is CNC(=O)c1cc(F)ccc1CNC(=O)c1nc2n(c(=O)c1OCc1ccccc1)CCCOC2C. The number of fused-ring (bicyclic) bond motifs is 1. The molecule has 2 heterocycles. The average Bonchev–Trinajstić information content (AvgIpc) is 3.08. The van der Waals surface area contributed by atoms with Crippen molar-refractivity contribution >= 4 is 11.8 Å². The van der Waals surface area contributed by atoms with Crippen LogP contribution in [0.25, 0.3) is 0 Å². The van der Waals surface area contributed by atoms with Gasteiger partial charge in [0.1, 0.15) is 24.4 Å². The fourth-order valence-electron chi connectivity index (χ4n) is 3.96. The highest BCUT2D eigenvalue weighted by atomic mass is 19.1. The van der Waals surface area contributed by atoms with E-state index in [9.17, 15) is 18.8 Å². The molecule has 1 unspecified atom stereocenters. The Labute approximate surface area is 207 Å². The largest absolute Gasteiger partial charge is 0.481 e. The molecule has 2 amide bonds. The van der Waals surface area contributed by atoms with Gasteiger partial charge in [-0.2, -0.15) is 0 Å². The van der Waals surface area contributed by atoms with E-state index in [1.165, 1.54) is 23.7 Å². The van der Waals surface area contributed by atoms with Crippen molar-refractivity contribution in [2.45, 2.75) is 39.1 Å². The van der Waals surface area contributed by atoms with E-state index >= 15 is 0 Å². The molecule has 9 nitrogen and oxygen atoms in total. The van der Waals surface area contributed by atoms with E-state index in [0.29, 0.717) is 31.0 Å². The number of amides is 2. The first-order valence-electron chi connectivity index (χ1n) is 11.6. The molecule has 1 aliphatic rings. The molecule has 0 aliphatic carbocycles. The minimum Gasteiger partial charge on any atom is -0.481 e. The lowest BCUT2D eigenvalue weighted by Crippen LogP contribution is -2.33. The Balaban J connectivity index is 1.67. The zero-order valence-electron chi connectivity index (χ0n) is 20.0. The van der Waals surface area contributed by atoms with Crippen LogP contribution in [-0.4, -0.2) is 35.0 Å². The second kappa shape index (κ2) is 11.1. The summed E-state index contributed by atoms with van der Waals surface area (Å²) in [6.45, 7) is 2.59. The summed E-state index contributed by atoms with van der Waals surface area (Å²) < 4.78 is 26.8. The fourth-order valence-corrected chi connectivity index (χ4v) is 3.96. The lowest BCUT2D eigenvalue weighted by atomic mass is 10.1. The molecule has 3 aromatic rings. The highest BCUT2D eigenvalue weighted by Gasteiger charge is 2.27. The molecule has 188 valence electrons. The van der Waals surface area contributed by atoms with Crippen LogP contribution in [0.5, 0.6) is 5.75 Å². The van der Waals surface area contributed by atoms with Crippen molar-refractivity contribution in [3.8, 4) is 5.75 Å². The molecule has 1 aromatic heterocycles. The summed E-state index contributed by atoms with van der Waals surface area (Å²) in [6.07, 6.45) is 0.127. The van der Waals surface area contributed by atoms with E-state index in [-0.39, 0.29) is 30.2 Å². The van der Waals surface area contributed by atoms with Gasteiger partial charge in [0.05, 0.1) is 0 Å². The molecule has 2 aromatic carbocycles.